The number of nitrogens with one attached hydrogen (secondary N) is 1. The SMILES string of the molecule is Cc1ccccc1OCCC(=O)NC(C)c1ccc(-n2cncn2)cc1. The van der Waals surface area contributed by atoms with E-state index in [1.807, 2.05) is 62.4 Å². The molecule has 0 bridgehead atoms. The first kappa shape index (κ1) is 17.7. The van der Waals surface area contributed by atoms with Gasteiger partial charge >= 0.3 is 0 Å². The van der Waals surface area contributed by atoms with E-state index in [2.05, 4.69) is 15.4 Å². The van der Waals surface area contributed by atoms with Gasteiger partial charge in [0, 0.05) is 0 Å². The molecule has 0 saturated heterocycles. The van der Waals surface area contributed by atoms with Crippen LogP contribution < -0.4 is 10.1 Å². The number of aromatic nitrogens is 3. The van der Waals surface area contributed by atoms with E-state index >= 15 is 0 Å². The second-order valence-corrected chi connectivity index (χ2v) is 6.08. The summed E-state index contributed by atoms with van der Waals surface area (Å²) in [6, 6.07) is 15.6. The van der Waals surface area contributed by atoms with Crippen molar-refractivity contribution < 1.29 is 9.53 Å². The van der Waals surface area contributed by atoms with Crippen LogP contribution >= 0.6 is 0 Å². The molecule has 1 atom stereocenters. The Morgan fingerprint density at radius 3 is 2.65 bits per heavy atom. The van der Waals surface area contributed by atoms with Gasteiger partial charge in [-0.2, -0.15) is 5.10 Å². The molecule has 0 fully saturated rings. The first-order valence-corrected chi connectivity index (χ1v) is 8.56. The summed E-state index contributed by atoms with van der Waals surface area (Å²) in [7, 11) is 0. The van der Waals surface area contributed by atoms with Crippen LogP contribution in [0.4, 0.5) is 0 Å². The summed E-state index contributed by atoms with van der Waals surface area (Å²) >= 11 is 0. The highest BCUT2D eigenvalue weighted by molar-refractivity contribution is 5.76. The Hall–Kier alpha value is -3.15. The number of ether oxygens (including phenoxy) is 1. The predicted molar refractivity (Wildman–Crippen MR) is 99.2 cm³/mol. The largest absolute Gasteiger partial charge is 0.493 e. The number of hydrogen-bond acceptors (Lipinski definition) is 4. The third-order valence-electron chi connectivity index (χ3n) is 4.13. The van der Waals surface area contributed by atoms with Gasteiger partial charge in [-0.15, -0.1) is 0 Å². The highest BCUT2D eigenvalue weighted by atomic mass is 16.5. The van der Waals surface area contributed by atoms with E-state index in [-0.39, 0.29) is 11.9 Å². The number of aryl methyl sites for hydroxylation is 1. The van der Waals surface area contributed by atoms with Gasteiger partial charge in [-0.05, 0) is 43.2 Å². The van der Waals surface area contributed by atoms with Gasteiger partial charge < -0.3 is 10.1 Å². The second kappa shape index (κ2) is 8.29. The van der Waals surface area contributed by atoms with Crippen LogP contribution in [-0.2, 0) is 4.79 Å². The van der Waals surface area contributed by atoms with Crippen molar-refractivity contribution in [3.63, 3.8) is 0 Å². The number of rotatable bonds is 7. The van der Waals surface area contributed by atoms with Crippen LogP contribution in [0, 0.1) is 6.92 Å². The summed E-state index contributed by atoms with van der Waals surface area (Å²) in [5.41, 5.74) is 3.02. The van der Waals surface area contributed by atoms with Gasteiger partial charge in [0.2, 0.25) is 5.91 Å². The number of benzene rings is 2. The molecule has 2 aromatic carbocycles. The monoisotopic (exact) mass is 350 g/mol. The van der Waals surface area contributed by atoms with Crippen LogP contribution in [0.15, 0.2) is 61.2 Å². The number of carbonyl (C=O) groups is 1. The molecule has 0 radical (unpaired) electrons. The summed E-state index contributed by atoms with van der Waals surface area (Å²) in [5, 5.41) is 7.09. The quantitative estimate of drug-likeness (QED) is 0.710. The van der Waals surface area contributed by atoms with Gasteiger partial charge in [0.25, 0.3) is 0 Å². The lowest BCUT2D eigenvalue weighted by Gasteiger charge is -2.15. The summed E-state index contributed by atoms with van der Waals surface area (Å²) in [6.45, 7) is 4.31. The number of carbonyl (C=O) groups excluding carboxylic acids is 1. The molecule has 0 aliphatic rings. The average molecular weight is 350 g/mol. The topological polar surface area (TPSA) is 69.0 Å². The molecule has 1 unspecified atom stereocenters. The lowest BCUT2D eigenvalue weighted by molar-refractivity contribution is -0.122. The molecule has 0 spiro atoms. The Kier molecular flexibility index (Phi) is 5.63. The van der Waals surface area contributed by atoms with Gasteiger partial charge in [0.1, 0.15) is 18.4 Å². The molecule has 6 heteroatoms. The minimum atomic E-state index is -0.0780. The Morgan fingerprint density at radius 2 is 1.96 bits per heavy atom. The smallest absolute Gasteiger partial charge is 0.223 e. The van der Waals surface area contributed by atoms with E-state index in [4.69, 9.17) is 4.74 Å². The Labute approximate surface area is 152 Å². The molecule has 26 heavy (non-hydrogen) atoms. The standard InChI is InChI=1S/C20H22N4O2/c1-15-5-3-4-6-19(15)26-12-11-20(25)23-16(2)17-7-9-18(10-8-17)24-14-21-13-22-24/h3-10,13-14,16H,11-12H2,1-2H3,(H,23,25). The third kappa shape index (κ3) is 4.47. The molecule has 1 heterocycles. The molecular formula is C20H22N4O2. The zero-order valence-electron chi connectivity index (χ0n) is 14.9. The van der Waals surface area contributed by atoms with Crippen LogP contribution in [0.5, 0.6) is 5.75 Å². The van der Waals surface area contributed by atoms with Crippen LogP contribution in [-0.4, -0.2) is 27.3 Å². The summed E-state index contributed by atoms with van der Waals surface area (Å²) in [5.74, 6) is 0.781. The van der Waals surface area contributed by atoms with Crippen molar-refractivity contribution in [2.24, 2.45) is 0 Å². The Morgan fingerprint density at radius 1 is 1.19 bits per heavy atom. The van der Waals surface area contributed by atoms with Crippen molar-refractivity contribution in [2.45, 2.75) is 26.3 Å². The highest BCUT2D eigenvalue weighted by Crippen LogP contribution is 2.17. The molecule has 1 amide bonds. The van der Waals surface area contributed by atoms with Gasteiger partial charge in [0.15, 0.2) is 0 Å². The summed E-state index contributed by atoms with van der Waals surface area (Å²) in [4.78, 5) is 16.1. The zero-order chi connectivity index (χ0) is 18.4. The maximum atomic E-state index is 12.1. The van der Waals surface area contributed by atoms with Gasteiger partial charge in [-0.25, -0.2) is 9.67 Å². The van der Waals surface area contributed by atoms with E-state index < -0.39 is 0 Å². The fourth-order valence-corrected chi connectivity index (χ4v) is 2.63. The molecule has 3 aromatic rings. The van der Waals surface area contributed by atoms with Crippen LogP contribution in [0.25, 0.3) is 5.69 Å². The van der Waals surface area contributed by atoms with Crippen molar-refractivity contribution >= 4 is 5.91 Å². The van der Waals surface area contributed by atoms with Crippen molar-refractivity contribution in [3.8, 4) is 11.4 Å². The van der Waals surface area contributed by atoms with E-state index in [0.717, 1.165) is 22.6 Å². The maximum Gasteiger partial charge on any atom is 0.223 e. The van der Waals surface area contributed by atoms with Crippen molar-refractivity contribution in [1.82, 2.24) is 20.1 Å². The number of amides is 1. The molecule has 1 N–H and O–H groups in total. The first-order valence-electron chi connectivity index (χ1n) is 8.56. The van der Waals surface area contributed by atoms with Crippen molar-refractivity contribution in [1.29, 1.82) is 0 Å². The fourth-order valence-electron chi connectivity index (χ4n) is 2.63. The summed E-state index contributed by atoms with van der Waals surface area (Å²) in [6.07, 6.45) is 3.46. The number of para-hydroxylation sites is 1. The van der Waals surface area contributed by atoms with Gasteiger partial charge in [-0.3, -0.25) is 4.79 Å². The minimum Gasteiger partial charge on any atom is -0.493 e. The third-order valence-corrected chi connectivity index (χ3v) is 4.13. The van der Waals surface area contributed by atoms with E-state index in [0.29, 0.717) is 13.0 Å². The summed E-state index contributed by atoms with van der Waals surface area (Å²) < 4.78 is 7.37. The lowest BCUT2D eigenvalue weighted by atomic mass is 10.1. The Bertz CT molecular complexity index is 845. The zero-order valence-corrected chi connectivity index (χ0v) is 14.9. The molecule has 1 aromatic heterocycles. The molecule has 0 aliphatic carbocycles. The lowest BCUT2D eigenvalue weighted by Crippen LogP contribution is -2.27. The molecule has 6 nitrogen and oxygen atoms in total. The second-order valence-electron chi connectivity index (χ2n) is 6.08. The molecule has 0 aliphatic heterocycles. The van der Waals surface area contributed by atoms with Gasteiger partial charge in [-0.1, -0.05) is 30.3 Å². The highest BCUT2D eigenvalue weighted by Gasteiger charge is 2.10. The van der Waals surface area contributed by atoms with Crippen LogP contribution in [0.1, 0.15) is 30.5 Å². The fraction of sp³-hybridized carbons (Fsp3) is 0.250. The van der Waals surface area contributed by atoms with Crippen molar-refractivity contribution in [2.75, 3.05) is 6.61 Å². The van der Waals surface area contributed by atoms with Crippen LogP contribution in [0.3, 0.4) is 0 Å². The van der Waals surface area contributed by atoms with Crippen LogP contribution in [0.2, 0.25) is 0 Å². The van der Waals surface area contributed by atoms with Crippen molar-refractivity contribution in [3.05, 3.63) is 72.3 Å². The minimum absolute atomic E-state index is 0.0357. The Balaban J connectivity index is 1.48. The molecular weight excluding hydrogens is 328 g/mol. The number of nitrogens with zero attached hydrogens (tertiary/aromatic N) is 3. The normalized spacial score (nSPS) is 11.8. The first-order chi connectivity index (χ1) is 12.6. The molecule has 134 valence electrons. The predicted octanol–water partition coefficient (Wildman–Crippen LogP) is 3.22. The van der Waals surface area contributed by atoms with Gasteiger partial charge in [0.05, 0.1) is 24.8 Å². The number of hydrogen-bond donors (Lipinski definition) is 1. The van der Waals surface area contributed by atoms with E-state index in [1.165, 1.54) is 6.33 Å². The average Bonchev–Trinajstić information content (AvgIpc) is 3.18. The molecule has 3 rings (SSSR count). The van der Waals surface area contributed by atoms with E-state index in [9.17, 15) is 4.79 Å². The van der Waals surface area contributed by atoms with E-state index in [1.54, 1.807) is 11.0 Å². The molecule has 0 saturated carbocycles. The maximum absolute atomic E-state index is 12.1.